The number of rotatable bonds is 10. The number of hydrogen-bond acceptors (Lipinski definition) is 4. The molecule has 1 N–H and O–H groups in total. The van der Waals surface area contributed by atoms with E-state index < -0.39 is 0 Å². The molecule has 0 bridgehead atoms. The highest BCUT2D eigenvalue weighted by Crippen LogP contribution is 2.45. The standard InChI is InChI=1S/C30H36N2OS.H2/c1-6-7-16-31-22(4)26-18-28(27(21(26)3)17-24-11-9-8-10-20(24)2)29-19-34-30(32-29)23-12-14-25(33-5)15-13-23;/h8-9,11-15,18-20,27,31H,4,6-7,10,16-17H2,1-3,5H3;1H. The summed E-state index contributed by atoms with van der Waals surface area (Å²) in [6, 6.07) is 8.15. The third kappa shape index (κ3) is 5.28. The van der Waals surface area contributed by atoms with Crippen LogP contribution in [0.1, 0.15) is 53.6 Å². The molecule has 2 aliphatic carbocycles. The van der Waals surface area contributed by atoms with Gasteiger partial charge in [0.25, 0.3) is 0 Å². The summed E-state index contributed by atoms with van der Waals surface area (Å²) in [5.74, 6) is 1.77. The Kier molecular flexibility index (Phi) is 7.89. The molecule has 0 saturated carbocycles. The maximum Gasteiger partial charge on any atom is 0.124 e. The summed E-state index contributed by atoms with van der Waals surface area (Å²) < 4.78 is 5.31. The highest BCUT2D eigenvalue weighted by Gasteiger charge is 2.30. The van der Waals surface area contributed by atoms with E-state index in [-0.39, 0.29) is 1.43 Å². The molecule has 0 fully saturated rings. The van der Waals surface area contributed by atoms with Crippen LogP contribution in [0.2, 0.25) is 0 Å². The summed E-state index contributed by atoms with van der Waals surface area (Å²) in [6.45, 7) is 12.2. The van der Waals surface area contributed by atoms with E-state index >= 15 is 0 Å². The molecule has 3 nitrogen and oxygen atoms in total. The lowest BCUT2D eigenvalue weighted by Gasteiger charge is -2.23. The number of ether oxygens (including phenoxy) is 1. The summed E-state index contributed by atoms with van der Waals surface area (Å²) >= 11 is 1.70. The molecule has 2 unspecified atom stereocenters. The van der Waals surface area contributed by atoms with Crippen LogP contribution in [0.5, 0.6) is 5.75 Å². The third-order valence-electron chi connectivity index (χ3n) is 6.96. The number of unbranched alkanes of at least 4 members (excludes halogenated alkanes) is 1. The molecule has 1 heterocycles. The normalized spacial score (nSPS) is 19.8. The molecule has 0 amide bonds. The lowest BCUT2D eigenvalue weighted by molar-refractivity contribution is 0.415. The van der Waals surface area contributed by atoms with Gasteiger partial charge in [0.2, 0.25) is 0 Å². The molecular weight excluding hydrogens is 436 g/mol. The van der Waals surface area contributed by atoms with E-state index in [1.54, 1.807) is 18.4 Å². The molecule has 2 aromatic rings. The molecule has 2 aliphatic rings. The van der Waals surface area contributed by atoms with Gasteiger partial charge in [-0.3, -0.25) is 0 Å². The number of aromatic nitrogens is 1. The highest BCUT2D eigenvalue weighted by atomic mass is 32.1. The van der Waals surface area contributed by atoms with E-state index in [0.29, 0.717) is 11.8 Å². The van der Waals surface area contributed by atoms with Crippen LogP contribution < -0.4 is 10.1 Å². The SMILES string of the molecule is C=C(NCCCC)C1=C(C)C(CC2=CC=CCC2C)C(c2csc(-c3ccc(OC)cc3)n2)=C1.[HH]. The Morgan fingerprint density at radius 3 is 2.79 bits per heavy atom. The zero-order chi connectivity index (χ0) is 24.1. The van der Waals surface area contributed by atoms with Crippen molar-refractivity contribution in [2.24, 2.45) is 11.8 Å². The Morgan fingerprint density at radius 2 is 2.09 bits per heavy atom. The first kappa shape index (κ1) is 24.3. The molecule has 180 valence electrons. The second kappa shape index (κ2) is 11.1. The van der Waals surface area contributed by atoms with Gasteiger partial charge >= 0.3 is 0 Å². The minimum Gasteiger partial charge on any atom is -0.497 e. The van der Waals surface area contributed by atoms with E-state index in [4.69, 9.17) is 9.72 Å². The van der Waals surface area contributed by atoms with E-state index in [0.717, 1.165) is 53.5 Å². The molecule has 2 atom stereocenters. The summed E-state index contributed by atoms with van der Waals surface area (Å²) in [5.41, 5.74) is 8.70. The largest absolute Gasteiger partial charge is 0.497 e. The van der Waals surface area contributed by atoms with E-state index in [1.807, 2.05) is 12.1 Å². The smallest absolute Gasteiger partial charge is 0.124 e. The average Bonchev–Trinajstić information content (AvgIpc) is 3.46. The highest BCUT2D eigenvalue weighted by molar-refractivity contribution is 7.13. The maximum absolute atomic E-state index is 5.31. The van der Waals surface area contributed by atoms with Crippen molar-refractivity contribution in [3.8, 4) is 16.3 Å². The van der Waals surface area contributed by atoms with Crippen molar-refractivity contribution in [1.29, 1.82) is 0 Å². The topological polar surface area (TPSA) is 34.1 Å². The van der Waals surface area contributed by atoms with Crippen LogP contribution in [0, 0.1) is 11.8 Å². The maximum atomic E-state index is 5.31. The Labute approximate surface area is 210 Å². The van der Waals surface area contributed by atoms with Crippen LogP contribution in [0.4, 0.5) is 0 Å². The van der Waals surface area contributed by atoms with Gasteiger partial charge in [-0.25, -0.2) is 4.98 Å². The van der Waals surface area contributed by atoms with E-state index in [1.165, 1.54) is 28.7 Å². The van der Waals surface area contributed by atoms with Crippen LogP contribution in [0.3, 0.4) is 0 Å². The quantitative estimate of drug-likeness (QED) is 0.352. The van der Waals surface area contributed by atoms with Gasteiger partial charge in [-0.1, -0.05) is 56.2 Å². The fourth-order valence-corrected chi connectivity index (χ4v) is 5.55. The molecule has 4 rings (SSSR count). The van der Waals surface area contributed by atoms with Crippen molar-refractivity contribution in [3.63, 3.8) is 0 Å². The van der Waals surface area contributed by atoms with Gasteiger partial charge in [0.1, 0.15) is 10.8 Å². The number of nitrogens with one attached hydrogen (secondary N) is 1. The Balaban J connectivity index is 0.00000342. The number of thiazole rings is 1. The summed E-state index contributed by atoms with van der Waals surface area (Å²) in [5, 5.41) is 6.80. The minimum absolute atomic E-state index is 0. The Bertz CT molecular complexity index is 1150. The molecule has 34 heavy (non-hydrogen) atoms. The Morgan fingerprint density at radius 1 is 1.29 bits per heavy atom. The van der Waals surface area contributed by atoms with Gasteiger partial charge in [-0.2, -0.15) is 0 Å². The van der Waals surface area contributed by atoms with Crippen LogP contribution in [0.15, 0.2) is 82.9 Å². The number of nitrogens with zero attached hydrogens (tertiary/aromatic N) is 1. The second-order valence-electron chi connectivity index (χ2n) is 9.28. The number of allylic oxidation sites excluding steroid dienone is 7. The van der Waals surface area contributed by atoms with Gasteiger partial charge in [0.15, 0.2) is 0 Å². The fourth-order valence-electron chi connectivity index (χ4n) is 4.71. The van der Waals surface area contributed by atoms with Crippen molar-refractivity contribution in [2.45, 2.75) is 46.5 Å². The van der Waals surface area contributed by atoms with Crippen molar-refractivity contribution in [1.82, 2.24) is 10.3 Å². The predicted octanol–water partition coefficient (Wildman–Crippen LogP) is 8.21. The molecular formula is C30H38N2OS. The van der Waals surface area contributed by atoms with Crippen LogP contribution >= 0.6 is 11.3 Å². The predicted molar refractivity (Wildman–Crippen MR) is 148 cm³/mol. The van der Waals surface area contributed by atoms with Gasteiger partial charge in [-0.15, -0.1) is 11.3 Å². The molecule has 0 spiro atoms. The zero-order valence-corrected chi connectivity index (χ0v) is 21.7. The average molecular weight is 475 g/mol. The van der Waals surface area contributed by atoms with Crippen molar-refractivity contribution in [3.05, 3.63) is 88.6 Å². The Hall–Kier alpha value is -2.85. The first-order valence-corrected chi connectivity index (χ1v) is 13.2. The number of hydrogen-bond donors (Lipinski definition) is 1. The zero-order valence-electron chi connectivity index (χ0n) is 20.9. The molecule has 4 heteroatoms. The van der Waals surface area contributed by atoms with Crippen LogP contribution in [0.25, 0.3) is 16.1 Å². The van der Waals surface area contributed by atoms with Gasteiger partial charge in [-0.05, 0) is 73.6 Å². The third-order valence-corrected chi connectivity index (χ3v) is 7.85. The van der Waals surface area contributed by atoms with Crippen molar-refractivity contribution >= 4 is 16.9 Å². The molecule has 0 radical (unpaired) electrons. The van der Waals surface area contributed by atoms with Crippen molar-refractivity contribution < 1.29 is 6.16 Å². The number of methoxy groups -OCH3 is 1. The second-order valence-corrected chi connectivity index (χ2v) is 10.1. The van der Waals surface area contributed by atoms with Gasteiger partial charge < -0.3 is 10.1 Å². The summed E-state index contributed by atoms with van der Waals surface area (Å²) in [7, 11) is 1.69. The monoisotopic (exact) mass is 474 g/mol. The van der Waals surface area contributed by atoms with Crippen molar-refractivity contribution in [2.75, 3.05) is 13.7 Å². The molecule has 0 saturated heterocycles. The minimum atomic E-state index is 0. The summed E-state index contributed by atoms with van der Waals surface area (Å²) in [4.78, 5) is 5.08. The van der Waals surface area contributed by atoms with E-state index in [2.05, 4.69) is 74.5 Å². The first-order chi connectivity index (χ1) is 16.5. The summed E-state index contributed by atoms with van der Waals surface area (Å²) in [6.07, 6.45) is 13.6. The lowest BCUT2D eigenvalue weighted by atomic mass is 9.81. The van der Waals surface area contributed by atoms with Crippen LogP contribution in [-0.4, -0.2) is 18.6 Å². The van der Waals surface area contributed by atoms with Gasteiger partial charge in [0.05, 0.1) is 12.8 Å². The lowest BCUT2D eigenvalue weighted by Crippen LogP contribution is -2.15. The molecule has 0 aliphatic heterocycles. The molecule has 1 aromatic heterocycles. The molecule has 1 aromatic carbocycles. The fraction of sp³-hybridized carbons (Fsp3) is 0.367. The van der Waals surface area contributed by atoms with Gasteiger partial charge in [0, 0.05) is 30.5 Å². The first-order valence-electron chi connectivity index (χ1n) is 12.3. The van der Waals surface area contributed by atoms with Crippen LogP contribution in [-0.2, 0) is 0 Å². The number of benzene rings is 1. The van der Waals surface area contributed by atoms with E-state index in [9.17, 15) is 0 Å².